The molecule has 1 N–H and O–H groups in total. The highest BCUT2D eigenvalue weighted by atomic mass is 16.5. The van der Waals surface area contributed by atoms with Crippen LogP contribution in [-0.4, -0.2) is 48.8 Å². The van der Waals surface area contributed by atoms with Crippen LogP contribution in [0, 0.1) is 0 Å². The minimum absolute atomic E-state index is 0.642. The number of carboxylic acids is 1. The first kappa shape index (κ1) is 11.2. The van der Waals surface area contributed by atoms with Crippen LogP contribution in [0.1, 0.15) is 12.8 Å². The number of rotatable bonds is 7. The molecule has 1 saturated carbocycles. The molecule has 0 unspecified atom stereocenters. The highest BCUT2D eigenvalue weighted by molar-refractivity contribution is 5.79. The van der Waals surface area contributed by atoms with E-state index < -0.39 is 5.97 Å². The van der Waals surface area contributed by atoms with Gasteiger partial charge in [0.05, 0.1) is 6.61 Å². The Kier molecular flexibility index (Phi) is 4.62. The quantitative estimate of drug-likeness (QED) is 0.614. The standard InChI is InChI=1S/C10H17NO3/c1-14-8-7-11(9-4-5-9)6-2-3-10(12)13/h2-3,9H,4-8H2,1H3,(H,12,13). The average Bonchev–Trinajstić information content (AvgIpc) is 2.93. The third-order valence-electron chi connectivity index (χ3n) is 2.25. The van der Waals surface area contributed by atoms with Crippen molar-refractivity contribution < 1.29 is 14.6 Å². The van der Waals surface area contributed by atoms with Gasteiger partial charge in [0.15, 0.2) is 0 Å². The molecule has 1 aliphatic rings. The van der Waals surface area contributed by atoms with E-state index in [4.69, 9.17) is 9.84 Å². The third-order valence-corrected chi connectivity index (χ3v) is 2.25. The van der Waals surface area contributed by atoms with Gasteiger partial charge in [0.25, 0.3) is 0 Å². The van der Waals surface area contributed by atoms with Crippen molar-refractivity contribution in [1.29, 1.82) is 0 Å². The fraction of sp³-hybridized carbons (Fsp3) is 0.700. The molecule has 0 atom stereocenters. The summed E-state index contributed by atoms with van der Waals surface area (Å²) in [7, 11) is 1.68. The van der Waals surface area contributed by atoms with Crippen molar-refractivity contribution in [3.8, 4) is 0 Å². The lowest BCUT2D eigenvalue weighted by molar-refractivity contribution is -0.131. The summed E-state index contributed by atoms with van der Waals surface area (Å²) in [6, 6.07) is 0.642. The van der Waals surface area contributed by atoms with Crippen LogP contribution < -0.4 is 0 Å². The Labute approximate surface area is 84.2 Å². The van der Waals surface area contributed by atoms with E-state index in [0.717, 1.165) is 6.54 Å². The summed E-state index contributed by atoms with van der Waals surface area (Å²) < 4.78 is 5.00. The van der Waals surface area contributed by atoms with E-state index in [1.807, 2.05) is 0 Å². The smallest absolute Gasteiger partial charge is 0.328 e. The van der Waals surface area contributed by atoms with Gasteiger partial charge >= 0.3 is 5.97 Å². The van der Waals surface area contributed by atoms with E-state index in [-0.39, 0.29) is 0 Å². The normalized spacial score (nSPS) is 16.7. The molecule has 1 aliphatic carbocycles. The van der Waals surface area contributed by atoms with Gasteiger partial charge in [0.1, 0.15) is 0 Å². The second kappa shape index (κ2) is 5.78. The maximum atomic E-state index is 10.3. The number of nitrogens with zero attached hydrogens (tertiary/aromatic N) is 1. The Morgan fingerprint density at radius 3 is 2.86 bits per heavy atom. The summed E-state index contributed by atoms with van der Waals surface area (Å²) in [5.41, 5.74) is 0. The van der Waals surface area contributed by atoms with E-state index in [2.05, 4.69) is 4.90 Å². The molecule has 1 fully saturated rings. The number of carbonyl (C=O) groups is 1. The zero-order chi connectivity index (χ0) is 10.4. The molecule has 1 rings (SSSR count). The molecule has 0 amide bonds. The van der Waals surface area contributed by atoms with Crippen LogP contribution in [0.15, 0.2) is 12.2 Å². The fourth-order valence-corrected chi connectivity index (χ4v) is 1.36. The van der Waals surface area contributed by atoms with Gasteiger partial charge in [-0.05, 0) is 12.8 Å². The summed E-state index contributed by atoms with van der Waals surface area (Å²) >= 11 is 0. The fourth-order valence-electron chi connectivity index (χ4n) is 1.36. The summed E-state index contributed by atoms with van der Waals surface area (Å²) in [5.74, 6) is -0.882. The SMILES string of the molecule is COCCN(CC=CC(=O)O)C1CC1. The second-order valence-corrected chi connectivity index (χ2v) is 3.46. The molecular weight excluding hydrogens is 182 g/mol. The van der Waals surface area contributed by atoms with E-state index in [1.165, 1.54) is 18.9 Å². The maximum absolute atomic E-state index is 10.3. The third kappa shape index (κ3) is 4.39. The predicted octanol–water partition coefficient (Wildman–Crippen LogP) is 0.738. The van der Waals surface area contributed by atoms with Crippen molar-refractivity contribution >= 4 is 5.97 Å². The molecule has 0 aliphatic heterocycles. The van der Waals surface area contributed by atoms with Crippen LogP contribution in [-0.2, 0) is 9.53 Å². The van der Waals surface area contributed by atoms with Gasteiger partial charge in [-0.2, -0.15) is 0 Å². The number of ether oxygens (including phenoxy) is 1. The highest BCUT2D eigenvalue weighted by Crippen LogP contribution is 2.26. The topological polar surface area (TPSA) is 49.8 Å². The first-order valence-electron chi connectivity index (χ1n) is 4.86. The van der Waals surface area contributed by atoms with Crippen molar-refractivity contribution in [2.45, 2.75) is 18.9 Å². The van der Waals surface area contributed by atoms with Gasteiger partial charge in [0, 0.05) is 32.3 Å². The first-order chi connectivity index (χ1) is 6.74. The summed E-state index contributed by atoms with van der Waals surface area (Å²) in [5, 5.41) is 8.43. The van der Waals surface area contributed by atoms with Crippen LogP contribution in [0.5, 0.6) is 0 Å². The van der Waals surface area contributed by atoms with E-state index >= 15 is 0 Å². The lowest BCUT2D eigenvalue weighted by atomic mass is 10.4. The van der Waals surface area contributed by atoms with Crippen LogP contribution in [0.3, 0.4) is 0 Å². The van der Waals surface area contributed by atoms with Crippen LogP contribution in [0.25, 0.3) is 0 Å². The largest absolute Gasteiger partial charge is 0.478 e. The molecule has 4 heteroatoms. The Balaban J connectivity index is 2.24. The molecule has 0 heterocycles. The molecule has 0 bridgehead atoms. The summed E-state index contributed by atoms with van der Waals surface area (Å²) in [4.78, 5) is 12.5. The molecule has 0 aromatic rings. The van der Waals surface area contributed by atoms with E-state index in [1.54, 1.807) is 13.2 Å². The van der Waals surface area contributed by atoms with Crippen molar-refractivity contribution in [1.82, 2.24) is 4.90 Å². The van der Waals surface area contributed by atoms with Gasteiger partial charge in [-0.15, -0.1) is 0 Å². The van der Waals surface area contributed by atoms with Crippen molar-refractivity contribution in [2.75, 3.05) is 26.8 Å². The minimum Gasteiger partial charge on any atom is -0.478 e. The first-order valence-corrected chi connectivity index (χ1v) is 4.86. The molecular formula is C10H17NO3. The molecule has 0 aromatic carbocycles. The number of methoxy groups -OCH3 is 1. The van der Waals surface area contributed by atoms with E-state index in [9.17, 15) is 4.79 Å². The van der Waals surface area contributed by atoms with Gasteiger partial charge < -0.3 is 9.84 Å². The van der Waals surface area contributed by atoms with Crippen molar-refractivity contribution in [3.63, 3.8) is 0 Å². The lowest BCUT2D eigenvalue weighted by Gasteiger charge is -2.19. The minimum atomic E-state index is -0.882. The molecule has 0 saturated heterocycles. The van der Waals surface area contributed by atoms with Gasteiger partial charge in [-0.3, -0.25) is 4.90 Å². The average molecular weight is 199 g/mol. The zero-order valence-electron chi connectivity index (χ0n) is 8.48. The van der Waals surface area contributed by atoms with Crippen LogP contribution in [0.4, 0.5) is 0 Å². The Bertz CT molecular complexity index is 211. The molecule has 80 valence electrons. The van der Waals surface area contributed by atoms with Gasteiger partial charge in [-0.25, -0.2) is 4.79 Å². The second-order valence-electron chi connectivity index (χ2n) is 3.46. The summed E-state index contributed by atoms with van der Waals surface area (Å²) in [6.45, 7) is 2.29. The van der Waals surface area contributed by atoms with Crippen molar-refractivity contribution in [2.24, 2.45) is 0 Å². The van der Waals surface area contributed by atoms with Crippen LogP contribution in [0.2, 0.25) is 0 Å². The maximum Gasteiger partial charge on any atom is 0.328 e. The predicted molar refractivity (Wildman–Crippen MR) is 53.2 cm³/mol. The number of aliphatic carboxylic acids is 1. The number of hydrogen-bond acceptors (Lipinski definition) is 3. The number of hydrogen-bond donors (Lipinski definition) is 1. The number of carboxylic acid groups (broad SMARTS) is 1. The van der Waals surface area contributed by atoms with E-state index in [0.29, 0.717) is 19.2 Å². The zero-order valence-corrected chi connectivity index (χ0v) is 8.48. The molecule has 0 spiro atoms. The summed E-state index contributed by atoms with van der Waals surface area (Å²) in [6.07, 6.45) is 5.34. The Hall–Kier alpha value is -0.870. The van der Waals surface area contributed by atoms with Crippen molar-refractivity contribution in [3.05, 3.63) is 12.2 Å². The van der Waals surface area contributed by atoms with Gasteiger partial charge in [0.2, 0.25) is 0 Å². The highest BCUT2D eigenvalue weighted by Gasteiger charge is 2.27. The molecule has 0 radical (unpaired) electrons. The molecule has 4 nitrogen and oxygen atoms in total. The van der Waals surface area contributed by atoms with Gasteiger partial charge in [-0.1, -0.05) is 6.08 Å². The molecule has 0 aromatic heterocycles. The monoisotopic (exact) mass is 199 g/mol. The Morgan fingerprint density at radius 1 is 1.64 bits per heavy atom. The molecule has 14 heavy (non-hydrogen) atoms. The lowest BCUT2D eigenvalue weighted by Crippen LogP contribution is -2.29. The van der Waals surface area contributed by atoms with Crippen LogP contribution >= 0.6 is 0 Å². The Morgan fingerprint density at radius 2 is 2.36 bits per heavy atom.